The monoisotopic (exact) mass is 359 g/mol. The Hall–Kier alpha value is -0.320. The lowest BCUT2D eigenvalue weighted by molar-refractivity contribution is 1.18. The number of rotatable bonds is 3. The van der Waals surface area contributed by atoms with E-state index in [2.05, 4.69) is 73.7 Å². The first-order chi connectivity index (χ1) is 7.65. The Bertz CT molecular complexity index is 494. The van der Waals surface area contributed by atoms with Crippen LogP contribution in [0.2, 0.25) is 0 Å². The van der Waals surface area contributed by atoms with Gasteiger partial charge in [0.1, 0.15) is 0 Å². The summed E-state index contributed by atoms with van der Waals surface area (Å²) in [4.78, 5) is 1.32. The Morgan fingerprint density at radius 1 is 1.25 bits per heavy atom. The fourth-order valence-electron chi connectivity index (χ4n) is 1.39. The van der Waals surface area contributed by atoms with Crippen molar-refractivity contribution in [2.24, 2.45) is 0 Å². The van der Waals surface area contributed by atoms with E-state index in [0.29, 0.717) is 0 Å². The summed E-state index contributed by atoms with van der Waals surface area (Å²) in [5.74, 6) is 0. The van der Waals surface area contributed by atoms with Crippen molar-refractivity contribution in [3.63, 3.8) is 0 Å². The Morgan fingerprint density at radius 3 is 2.69 bits per heavy atom. The Balaban J connectivity index is 2.04. The van der Waals surface area contributed by atoms with Crippen LogP contribution in [0.25, 0.3) is 0 Å². The molecule has 0 fully saturated rings. The van der Waals surface area contributed by atoms with Crippen LogP contribution in [0.5, 0.6) is 0 Å². The van der Waals surface area contributed by atoms with Crippen molar-refractivity contribution in [3.05, 3.63) is 49.0 Å². The maximum Gasteiger partial charge on any atom is 0.0494 e. The maximum atomic E-state index is 3.56. The average molecular weight is 361 g/mol. The summed E-state index contributed by atoms with van der Waals surface area (Å²) in [5, 5.41) is 5.51. The highest BCUT2D eigenvalue weighted by atomic mass is 79.9. The highest BCUT2D eigenvalue weighted by Gasteiger charge is 2.01. The van der Waals surface area contributed by atoms with Crippen LogP contribution in [-0.4, -0.2) is 0 Å². The zero-order chi connectivity index (χ0) is 11.5. The van der Waals surface area contributed by atoms with E-state index >= 15 is 0 Å². The number of halogens is 2. The Labute approximate surface area is 116 Å². The molecule has 0 bridgehead atoms. The normalized spacial score (nSPS) is 10.4. The molecule has 84 valence electrons. The molecule has 4 heteroatoms. The van der Waals surface area contributed by atoms with Gasteiger partial charge in [-0.25, -0.2) is 0 Å². The highest BCUT2D eigenvalue weighted by Crippen LogP contribution is 2.25. The second-order valence-electron chi connectivity index (χ2n) is 3.57. The molecule has 0 radical (unpaired) electrons. The van der Waals surface area contributed by atoms with Gasteiger partial charge in [0.2, 0.25) is 0 Å². The van der Waals surface area contributed by atoms with Gasteiger partial charge in [0.05, 0.1) is 0 Å². The van der Waals surface area contributed by atoms with Crippen molar-refractivity contribution in [3.8, 4) is 0 Å². The number of nitrogens with one attached hydrogen (secondary N) is 1. The molecule has 0 aliphatic rings. The van der Waals surface area contributed by atoms with E-state index in [0.717, 1.165) is 21.2 Å². The van der Waals surface area contributed by atoms with Crippen LogP contribution in [0.15, 0.2) is 38.6 Å². The van der Waals surface area contributed by atoms with Crippen LogP contribution in [0, 0.1) is 6.92 Å². The zero-order valence-corrected chi connectivity index (χ0v) is 12.7. The molecular formula is C12H11Br2NS. The molecule has 2 rings (SSSR count). The summed E-state index contributed by atoms with van der Waals surface area (Å²) >= 11 is 8.77. The highest BCUT2D eigenvalue weighted by molar-refractivity contribution is 9.10. The van der Waals surface area contributed by atoms with Crippen LogP contribution in [0.1, 0.15) is 10.4 Å². The average Bonchev–Trinajstić information content (AvgIpc) is 2.63. The molecule has 0 saturated heterocycles. The molecule has 1 N–H and O–H groups in total. The van der Waals surface area contributed by atoms with Crippen molar-refractivity contribution in [1.82, 2.24) is 0 Å². The van der Waals surface area contributed by atoms with Crippen molar-refractivity contribution in [2.45, 2.75) is 13.5 Å². The largest absolute Gasteiger partial charge is 0.379 e. The molecule has 2 aromatic rings. The first-order valence-electron chi connectivity index (χ1n) is 4.88. The number of benzene rings is 1. The van der Waals surface area contributed by atoms with Crippen LogP contribution in [-0.2, 0) is 6.54 Å². The minimum absolute atomic E-state index is 0.859. The summed E-state index contributed by atoms with van der Waals surface area (Å²) in [6.07, 6.45) is 0. The van der Waals surface area contributed by atoms with Gasteiger partial charge in [-0.15, -0.1) is 11.3 Å². The third-order valence-corrected chi connectivity index (χ3v) is 4.55. The number of hydrogen-bond acceptors (Lipinski definition) is 2. The molecule has 1 nitrogen and oxygen atoms in total. The van der Waals surface area contributed by atoms with Crippen LogP contribution in [0.3, 0.4) is 0 Å². The standard InChI is InChI=1S/C12H11Br2NS/c1-8-2-3-12(11(14)4-8)15-6-10-5-9(13)7-16-10/h2-5,7,15H,6H2,1H3. The molecule has 0 aliphatic heterocycles. The smallest absolute Gasteiger partial charge is 0.0494 e. The molecule has 0 spiro atoms. The van der Waals surface area contributed by atoms with E-state index in [9.17, 15) is 0 Å². The minimum Gasteiger partial charge on any atom is -0.379 e. The van der Waals surface area contributed by atoms with Gasteiger partial charge in [0.15, 0.2) is 0 Å². The second kappa shape index (κ2) is 5.34. The molecule has 1 heterocycles. The fourth-order valence-corrected chi connectivity index (χ4v) is 3.42. The third-order valence-electron chi connectivity index (χ3n) is 2.20. The number of anilines is 1. The lowest BCUT2D eigenvalue weighted by Crippen LogP contribution is -1.98. The first-order valence-corrected chi connectivity index (χ1v) is 7.34. The Kier molecular flexibility index (Phi) is 4.05. The van der Waals surface area contributed by atoms with E-state index in [1.54, 1.807) is 11.3 Å². The number of aryl methyl sites for hydroxylation is 1. The predicted octanol–water partition coefficient (Wildman–Crippen LogP) is 5.19. The SMILES string of the molecule is Cc1ccc(NCc2cc(Br)cs2)c(Br)c1. The molecule has 0 aliphatic carbocycles. The van der Waals surface area contributed by atoms with Gasteiger partial charge < -0.3 is 5.32 Å². The second-order valence-corrected chi connectivity index (χ2v) is 6.33. The molecule has 1 aromatic heterocycles. The minimum atomic E-state index is 0.859. The van der Waals surface area contributed by atoms with Gasteiger partial charge in [-0.3, -0.25) is 0 Å². The van der Waals surface area contributed by atoms with Crippen LogP contribution in [0.4, 0.5) is 5.69 Å². The lowest BCUT2D eigenvalue weighted by Gasteiger charge is -2.07. The van der Waals surface area contributed by atoms with Crippen LogP contribution >= 0.6 is 43.2 Å². The molecule has 1 aromatic carbocycles. The molecule has 16 heavy (non-hydrogen) atoms. The van der Waals surface area contributed by atoms with E-state index in [4.69, 9.17) is 0 Å². The molecular weight excluding hydrogens is 350 g/mol. The summed E-state index contributed by atoms with van der Waals surface area (Å²) in [6, 6.07) is 8.46. The summed E-state index contributed by atoms with van der Waals surface area (Å²) < 4.78 is 2.26. The van der Waals surface area contributed by atoms with Crippen molar-refractivity contribution >= 4 is 48.9 Å². The van der Waals surface area contributed by atoms with Crippen molar-refractivity contribution < 1.29 is 0 Å². The third kappa shape index (κ3) is 3.09. The maximum absolute atomic E-state index is 3.56. The van der Waals surface area contributed by atoms with Gasteiger partial charge in [0.25, 0.3) is 0 Å². The first kappa shape index (κ1) is 12.1. The van der Waals surface area contributed by atoms with Gasteiger partial charge in [-0.1, -0.05) is 6.07 Å². The molecule has 0 atom stereocenters. The van der Waals surface area contributed by atoms with E-state index in [1.807, 2.05) is 0 Å². The fraction of sp³-hybridized carbons (Fsp3) is 0.167. The van der Waals surface area contributed by atoms with Crippen molar-refractivity contribution in [1.29, 1.82) is 0 Å². The summed E-state index contributed by atoms with van der Waals surface area (Å²) in [7, 11) is 0. The number of thiophene rings is 1. The van der Waals surface area contributed by atoms with Gasteiger partial charge >= 0.3 is 0 Å². The van der Waals surface area contributed by atoms with Gasteiger partial charge in [0, 0.05) is 31.4 Å². The molecule has 0 amide bonds. The van der Waals surface area contributed by atoms with E-state index in [-0.39, 0.29) is 0 Å². The van der Waals surface area contributed by atoms with Crippen molar-refractivity contribution in [2.75, 3.05) is 5.32 Å². The number of hydrogen-bond donors (Lipinski definition) is 1. The zero-order valence-electron chi connectivity index (χ0n) is 8.76. The van der Waals surface area contributed by atoms with Gasteiger partial charge in [-0.2, -0.15) is 0 Å². The summed E-state index contributed by atoms with van der Waals surface area (Å²) in [6.45, 7) is 2.95. The lowest BCUT2D eigenvalue weighted by atomic mass is 10.2. The van der Waals surface area contributed by atoms with Crippen LogP contribution < -0.4 is 5.32 Å². The van der Waals surface area contributed by atoms with Gasteiger partial charge in [-0.05, 0) is 62.5 Å². The molecule has 0 saturated carbocycles. The molecule has 0 unspecified atom stereocenters. The topological polar surface area (TPSA) is 12.0 Å². The summed E-state index contributed by atoms with van der Waals surface area (Å²) in [5.41, 5.74) is 2.39. The predicted molar refractivity (Wildman–Crippen MR) is 78.2 cm³/mol. The Morgan fingerprint density at radius 2 is 2.06 bits per heavy atom. The van der Waals surface area contributed by atoms with E-state index in [1.165, 1.54) is 10.4 Å². The van der Waals surface area contributed by atoms with E-state index < -0.39 is 0 Å². The quantitative estimate of drug-likeness (QED) is 0.793.